The fraction of sp³-hybridized carbons (Fsp3) is 0.455. The Balaban J connectivity index is 2.34. The van der Waals surface area contributed by atoms with Crippen molar-refractivity contribution in [1.82, 2.24) is 0 Å². The van der Waals surface area contributed by atoms with E-state index in [2.05, 4.69) is 24.8 Å². The molecule has 0 saturated carbocycles. The number of hydrogen-bond acceptors (Lipinski definition) is 0. The molecule has 0 atom stereocenters. The SMILES string of the molecule is C=C[CH2][Pd][C]1=CCCC=CCC1. The molecule has 0 fully saturated rings. The summed E-state index contributed by atoms with van der Waals surface area (Å²) < 4.78 is 1.67. The Bertz CT molecular complexity index is 185. The van der Waals surface area contributed by atoms with Gasteiger partial charge in [0.15, 0.2) is 0 Å². The maximum atomic E-state index is 3.76. The van der Waals surface area contributed by atoms with Gasteiger partial charge in [-0.25, -0.2) is 0 Å². The summed E-state index contributed by atoms with van der Waals surface area (Å²) in [5.74, 6) is 0. The van der Waals surface area contributed by atoms with Crippen molar-refractivity contribution in [3.63, 3.8) is 0 Å². The molecule has 0 amide bonds. The Morgan fingerprint density at radius 3 is 3.00 bits per heavy atom. The first kappa shape index (κ1) is 9.97. The summed E-state index contributed by atoms with van der Waals surface area (Å²) in [4.78, 5) is 1.18. The second kappa shape index (κ2) is 6.40. The fourth-order valence-electron chi connectivity index (χ4n) is 1.11. The number of rotatable bonds is 3. The minimum absolute atomic E-state index is 0.794. The van der Waals surface area contributed by atoms with E-state index in [0.29, 0.717) is 0 Å². The third kappa shape index (κ3) is 4.05. The molecule has 0 aliphatic heterocycles. The standard InChI is InChI=1S/C8H11.C3H5.Pd/c1-2-4-6-8-7-5-3-1;1-3-2;/h1-2,7H,3-6H2;3H,1-2H2;. The van der Waals surface area contributed by atoms with E-state index in [-0.39, 0.29) is 0 Å². The first-order valence-corrected chi connectivity index (χ1v) is 6.28. The predicted molar refractivity (Wildman–Crippen MR) is 50.7 cm³/mol. The summed E-state index contributed by atoms with van der Waals surface area (Å²) in [5, 5.41) is 0. The molecule has 12 heavy (non-hydrogen) atoms. The first-order chi connectivity index (χ1) is 5.93. The van der Waals surface area contributed by atoms with E-state index >= 15 is 0 Å². The molecule has 1 heteroatoms. The van der Waals surface area contributed by atoms with E-state index in [0.717, 1.165) is 18.0 Å². The fourth-order valence-corrected chi connectivity index (χ4v) is 2.69. The van der Waals surface area contributed by atoms with Crippen LogP contribution in [0, 0.1) is 0 Å². The average Bonchev–Trinajstić information content (AvgIpc) is 2.02. The third-order valence-electron chi connectivity index (χ3n) is 1.69. The molecule has 70 valence electrons. The van der Waals surface area contributed by atoms with Gasteiger partial charge >= 0.3 is 83.5 Å². The Morgan fingerprint density at radius 2 is 2.17 bits per heavy atom. The molecule has 0 spiro atoms. The zero-order valence-electron chi connectivity index (χ0n) is 7.37. The van der Waals surface area contributed by atoms with Crippen LogP contribution in [0.25, 0.3) is 0 Å². The van der Waals surface area contributed by atoms with Gasteiger partial charge in [0.1, 0.15) is 0 Å². The monoisotopic (exact) mass is 254 g/mol. The van der Waals surface area contributed by atoms with Crippen molar-refractivity contribution in [2.24, 2.45) is 0 Å². The van der Waals surface area contributed by atoms with Crippen LogP contribution in [-0.4, -0.2) is 0 Å². The summed E-state index contributed by atoms with van der Waals surface area (Å²) in [5.41, 5.74) is 0. The Labute approximate surface area is 83.6 Å². The number of allylic oxidation sites excluding steroid dienone is 5. The molecule has 0 radical (unpaired) electrons. The summed E-state index contributed by atoms with van der Waals surface area (Å²) in [6.07, 6.45) is 14.1. The van der Waals surface area contributed by atoms with E-state index in [1.165, 1.54) is 30.6 Å². The van der Waals surface area contributed by atoms with Crippen molar-refractivity contribution in [2.45, 2.75) is 30.6 Å². The van der Waals surface area contributed by atoms with E-state index in [1.54, 1.807) is 4.05 Å². The van der Waals surface area contributed by atoms with Crippen LogP contribution in [0.1, 0.15) is 25.7 Å². The van der Waals surface area contributed by atoms with Crippen LogP contribution in [0.15, 0.2) is 34.9 Å². The van der Waals surface area contributed by atoms with Crippen molar-refractivity contribution in [2.75, 3.05) is 0 Å². The Hall–Kier alpha value is -0.118. The quantitative estimate of drug-likeness (QED) is 0.532. The van der Waals surface area contributed by atoms with Gasteiger partial charge in [0.25, 0.3) is 0 Å². The molecule has 0 aromatic heterocycles. The van der Waals surface area contributed by atoms with Crippen molar-refractivity contribution in [3.05, 3.63) is 34.9 Å². The van der Waals surface area contributed by atoms with Gasteiger partial charge in [0.2, 0.25) is 0 Å². The zero-order valence-corrected chi connectivity index (χ0v) is 8.92. The normalized spacial score (nSPS) is 18.2. The predicted octanol–water partition coefficient (Wildman–Crippen LogP) is 3.69. The van der Waals surface area contributed by atoms with E-state index in [9.17, 15) is 0 Å². The molecular weight excluding hydrogens is 239 g/mol. The zero-order chi connectivity index (χ0) is 8.65. The maximum absolute atomic E-state index is 3.76. The number of hydrogen-bond donors (Lipinski definition) is 0. The summed E-state index contributed by atoms with van der Waals surface area (Å²) >= 11 is 0.794. The average molecular weight is 255 g/mol. The Kier molecular flexibility index (Phi) is 5.32. The van der Waals surface area contributed by atoms with Crippen LogP contribution in [0.4, 0.5) is 0 Å². The summed E-state index contributed by atoms with van der Waals surface area (Å²) in [6, 6.07) is 0. The van der Waals surface area contributed by atoms with Crippen LogP contribution in [-0.2, 0) is 18.0 Å². The van der Waals surface area contributed by atoms with Crippen LogP contribution in [0.2, 0.25) is 4.89 Å². The van der Waals surface area contributed by atoms with Crippen LogP contribution in [0.3, 0.4) is 0 Å². The van der Waals surface area contributed by atoms with Gasteiger partial charge < -0.3 is 0 Å². The summed E-state index contributed by atoms with van der Waals surface area (Å²) in [6.45, 7) is 3.76. The molecule has 0 heterocycles. The Morgan fingerprint density at radius 1 is 1.33 bits per heavy atom. The van der Waals surface area contributed by atoms with Crippen LogP contribution >= 0.6 is 0 Å². The van der Waals surface area contributed by atoms with Gasteiger partial charge in [-0.1, -0.05) is 0 Å². The molecule has 0 N–H and O–H groups in total. The molecule has 0 aromatic rings. The van der Waals surface area contributed by atoms with Crippen molar-refractivity contribution in [1.29, 1.82) is 0 Å². The van der Waals surface area contributed by atoms with Crippen molar-refractivity contribution < 1.29 is 18.0 Å². The molecule has 0 nitrogen and oxygen atoms in total. The first-order valence-electron chi connectivity index (χ1n) is 4.40. The van der Waals surface area contributed by atoms with Crippen molar-refractivity contribution in [3.8, 4) is 0 Å². The molecule has 1 aliphatic carbocycles. The second-order valence-electron chi connectivity index (χ2n) is 2.73. The van der Waals surface area contributed by atoms with E-state index < -0.39 is 0 Å². The molecule has 0 aromatic carbocycles. The van der Waals surface area contributed by atoms with Crippen molar-refractivity contribution >= 4 is 0 Å². The van der Waals surface area contributed by atoms with Gasteiger partial charge in [-0.2, -0.15) is 0 Å². The van der Waals surface area contributed by atoms with Gasteiger partial charge in [-0.05, 0) is 0 Å². The van der Waals surface area contributed by atoms with E-state index in [4.69, 9.17) is 0 Å². The molecule has 0 unspecified atom stereocenters. The van der Waals surface area contributed by atoms with Gasteiger partial charge in [0.05, 0.1) is 0 Å². The molecule has 0 saturated heterocycles. The second-order valence-corrected chi connectivity index (χ2v) is 4.91. The minimum atomic E-state index is 0.794. The van der Waals surface area contributed by atoms with Crippen LogP contribution in [0.5, 0.6) is 0 Å². The molecular formula is C11H16Pd. The van der Waals surface area contributed by atoms with Crippen LogP contribution < -0.4 is 0 Å². The summed E-state index contributed by atoms with van der Waals surface area (Å²) in [7, 11) is 0. The van der Waals surface area contributed by atoms with Gasteiger partial charge in [-0.15, -0.1) is 0 Å². The molecule has 1 rings (SSSR count). The topological polar surface area (TPSA) is 0 Å². The molecule has 1 aliphatic rings. The van der Waals surface area contributed by atoms with E-state index in [1.807, 2.05) is 6.08 Å². The van der Waals surface area contributed by atoms with Gasteiger partial charge in [-0.3, -0.25) is 0 Å². The van der Waals surface area contributed by atoms with Gasteiger partial charge in [0, 0.05) is 0 Å². The molecule has 0 bridgehead atoms. The third-order valence-corrected chi connectivity index (χ3v) is 3.87.